The van der Waals surface area contributed by atoms with E-state index in [-0.39, 0.29) is 0 Å². The number of rotatable bonds is 6. The van der Waals surface area contributed by atoms with Crippen LogP contribution < -0.4 is 19.5 Å². The third kappa shape index (κ3) is 2.72. The number of benzene rings is 1. The van der Waals surface area contributed by atoms with Gasteiger partial charge < -0.3 is 19.5 Å². The lowest BCUT2D eigenvalue weighted by molar-refractivity contribution is 0.324. The van der Waals surface area contributed by atoms with Crippen LogP contribution in [0.15, 0.2) is 12.1 Å². The molecule has 1 aromatic rings. The van der Waals surface area contributed by atoms with Crippen molar-refractivity contribution in [2.75, 3.05) is 26.6 Å². The van der Waals surface area contributed by atoms with Gasteiger partial charge in [0, 0.05) is 23.9 Å². The number of hydrogen-bond donors (Lipinski definition) is 1. The Hall–Kier alpha value is -1.58. The highest BCUT2D eigenvalue weighted by atomic mass is 16.5. The van der Waals surface area contributed by atoms with Crippen LogP contribution in [-0.2, 0) is 0 Å². The van der Waals surface area contributed by atoms with E-state index in [1.807, 2.05) is 12.1 Å². The van der Waals surface area contributed by atoms with Crippen molar-refractivity contribution in [3.05, 3.63) is 12.1 Å². The number of anilines is 1. The molecule has 1 aliphatic carbocycles. The summed E-state index contributed by atoms with van der Waals surface area (Å²) in [5.74, 6) is 1.98. The van der Waals surface area contributed by atoms with E-state index >= 15 is 0 Å². The van der Waals surface area contributed by atoms with Crippen LogP contribution in [0, 0.1) is 5.41 Å². The van der Waals surface area contributed by atoms with E-state index in [4.69, 9.17) is 14.2 Å². The zero-order valence-electron chi connectivity index (χ0n) is 12.4. The van der Waals surface area contributed by atoms with E-state index in [0.29, 0.717) is 28.7 Å². The van der Waals surface area contributed by atoms with Crippen LogP contribution in [0.25, 0.3) is 0 Å². The van der Waals surface area contributed by atoms with Gasteiger partial charge in [-0.15, -0.1) is 0 Å². The highest BCUT2D eigenvalue weighted by molar-refractivity contribution is 5.63. The first-order valence-electron chi connectivity index (χ1n) is 6.60. The van der Waals surface area contributed by atoms with Crippen LogP contribution in [0.1, 0.15) is 26.7 Å². The Kier molecular flexibility index (Phi) is 3.78. The van der Waals surface area contributed by atoms with E-state index < -0.39 is 0 Å². The summed E-state index contributed by atoms with van der Waals surface area (Å²) in [4.78, 5) is 0. The average Bonchev–Trinajstić information content (AvgIpc) is 3.16. The van der Waals surface area contributed by atoms with Crippen molar-refractivity contribution >= 4 is 5.69 Å². The summed E-state index contributed by atoms with van der Waals surface area (Å²) < 4.78 is 16.0. The molecule has 0 bridgehead atoms. The predicted octanol–water partition coefficient (Wildman–Crippen LogP) is 3.31. The van der Waals surface area contributed by atoms with Crippen molar-refractivity contribution in [1.29, 1.82) is 0 Å². The summed E-state index contributed by atoms with van der Waals surface area (Å²) in [6.07, 6.45) is 2.57. The van der Waals surface area contributed by atoms with Crippen LogP contribution in [0.5, 0.6) is 17.2 Å². The zero-order chi connectivity index (χ0) is 14.0. The molecule has 1 aliphatic rings. The number of ether oxygens (including phenoxy) is 3. The summed E-state index contributed by atoms with van der Waals surface area (Å²) >= 11 is 0. The summed E-state index contributed by atoms with van der Waals surface area (Å²) in [7, 11) is 4.88. The molecular formula is C15H23NO3. The van der Waals surface area contributed by atoms with Gasteiger partial charge in [-0.2, -0.15) is 0 Å². The highest BCUT2D eigenvalue weighted by Gasteiger charge is 2.42. The van der Waals surface area contributed by atoms with Crippen molar-refractivity contribution in [1.82, 2.24) is 0 Å². The van der Waals surface area contributed by atoms with E-state index in [0.717, 1.165) is 5.69 Å². The molecule has 0 saturated heterocycles. The fraction of sp³-hybridized carbons (Fsp3) is 0.600. The van der Waals surface area contributed by atoms with Crippen LogP contribution in [-0.4, -0.2) is 27.4 Å². The molecule has 0 heterocycles. The Bertz CT molecular complexity index is 430. The van der Waals surface area contributed by atoms with Gasteiger partial charge in [-0.1, -0.05) is 6.92 Å². The van der Waals surface area contributed by atoms with Gasteiger partial charge in [-0.25, -0.2) is 0 Å². The molecule has 4 nitrogen and oxygen atoms in total. The lowest BCUT2D eigenvalue weighted by atomic mass is 10.0. The van der Waals surface area contributed by atoms with E-state index in [1.54, 1.807) is 21.3 Å². The molecule has 1 unspecified atom stereocenters. The lowest BCUT2D eigenvalue weighted by Crippen LogP contribution is -2.24. The lowest BCUT2D eigenvalue weighted by Gasteiger charge is -2.23. The maximum absolute atomic E-state index is 5.36. The SMILES string of the molecule is COc1cc(NC(C)C2(C)CC2)cc(OC)c1OC. The molecule has 1 aromatic carbocycles. The molecule has 106 valence electrons. The molecule has 1 atom stereocenters. The van der Waals surface area contributed by atoms with Crippen LogP contribution >= 0.6 is 0 Å². The maximum Gasteiger partial charge on any atom is 0.203 e. The minimum atomic E-state index is 0.417. The second-order valence-electron chi connectivity index (χ2n) is 5.43. The molecule has 4 heteroatoms. The molecular weight excluding hydrogens is 242 g/mol. The standard InChI is InChI=1S/C15H23NO3/c1-10(15(2)6-7-15)16-11-8-12(17-3)14(19-5)13(9-11)18-4/h8-10,16H,6-7H2,1-5H3. The van der Waals surface area contributed by atoms with Gasteiger partial charge >= 0.3 is 0 Å². The van der Waals surface area contributed by atoms with E-state index in [2.05, 4.69) is 19.2 Å². The summed E-state index contributed by atoms with van der Waals surface area (Å²) in [5, 5.41) is 3.53. The minimum Gasteiger partial charge on any atom is -0.493 e. The van der Waals surface area contributed by atoms with E-state index in [1.165, 1.54) is 12.8 Å². The number of methoxy groups -OCH3 is 3. The predicted molar refractivity (Wildman–Crippen MR) is 76.5 cm³/mol. The third-order valence-electron chi connectivity index (χ3n) is 4.13. The molecule has 0 aromatic heterocycles. The second-order valence-corrected chi connectivity index (χ2v) is 5.43. The topological polar surface area (TPSA) is 39.7 Å². The molecule has 0 amide bonds. The van der Waals surface area contributed by atoms with Gasteiger partial charge in [0.25, 0.3) is 0 Å². The highest BCUT2D eigenvalue weighted by Crippen LogP contribution is 2.49. The van der Waals surface area contributed by atoms with Crippen molar-refractivity contribution in [3.63, 3.8) is 0 Å². The smallest absolute Gasteiger partial charge is 0.203 e. The fourth-order valence-electron chi connectivity index (χ4n) is 2.22. The molecule has 1 N–H and O–H groups in total. The van der Waals surface area contributed by atoms with Gasteiger partial charge in [0.1, 0.15) is 0 Å². The first-order valence-corrected chi connectivity index (χ1v) is 6.60. The van der Waals surface area contributed by atoms with Crippen molar-refractivity contribution in [3.8, 4) is 17.2 Å². The van der Waals surface area contributed by atoms with Crippen molar-refractivity contribution in [2.45, 2.75) is 32.7 Å². The Labute approximate surface area is 115 Å². The maximum atomic E-state index is 5.36. The first-order chi connectivity index (χ1) is 9.04. The molecule has 0 radical (unpaired) electrons. The second kappa shape index (κ2) is 5.19. The van der Waals surface area contributed by atoms with Gasteiger partial charge in [0.2, 0.25) is 5.75 Å². The molecule has 1 saturated carbocycles. The van der Waals surface area contributed by atoms with Gasteiger partial charge in [0.15, 0.2) is 11.5 Å². The Balaban J connectivity index is 2.25. The summed E-state index contributed by atoms with van der Waals surface area (Å²) in [6.45, 7) is 4.53. The largest absolute Gasteiger partial charge is 0.493 e. The van der Waals surface area contributed by atoms with Crippen molar-refractivity contribution < 1.29 is 14.2 Å². The Morgan fingerprint density at radius 2 is 1.58 bits per heavy atom. The van der Waals surface area contributed by atoms with E-state index in [9.17, 15) is 0 Å². The normalized spacial score (nSPS) is 17.5. The van der Waals surface area contributed by atoms with Crippen LogP contribution in [0.3, 0.4) is 0 Å². The summed E-state index contributed by atoms with van der Waals surface area (Å²) in [5.41, 5.74) is 1.41. The monoisotopic (exact) mass is 265 g/mol. The Morgan fingerprint density at radius 3 is 1.95 bits per heavy atom. The molecule has 19 heavy (non-hydrogen) atoms. The first kappa shape index (κ1) is 13.8. The van der Waals surface area contributed by atoms with Crippen LogP contribution in [0.4, 0.5) is 5.69 Å². The quantitative estimate of drug-likeness (QED) is 0.856. The molecule has 2 rings (SSSR count). The fourth-order valence-corrected chi connectivity index (χ4v) is 2.22. The third-order valence-corrected chi connectivity index (χ3v) is 4.13. The van der Waals surface area contributed by atoms with Gasteiger partial charge in [0.05, 0.1) is 21.3 Å². The number of hydrogen-bond acceptors (Lipinski definition) is 4. The molecule has 0 aliphatic heterocycles. The average molecular weight is 265 g/mol. The van der Waals surface area contributed by atoms with Crippen LogP contribution in [0.2, 0.25) is 0 Å². The zero-order valence-corrected chi connectivity index (χ0v) is 12.4. The van der Waals surface area contributed by atoms with Crippen molar-refractivity contribution in [2.24, 2.45) is 5.41 Å². The molecule has 1 fully saturated rings. The Morgan fingerprint density at radius 1 is 1.05 bits per heavy atom. The van der Waals surface area contributed by atoms with Gasteiger partial charge in [-0.05, 0) is 25.2 Å². The molecule has 0 spiro atoms. The number of nitrogens with one attached hydrogen (secondary N) is 1. The summed E-state index contributed by atoms with van der Waals surface area (Å²) in [6, 6.07) is 4.32. The minimum absolute atomic E-state index is 0.417. The van der Waals surface area contributed by atoms with Gasteiger partial charge in [-0.3, -0.25) is 0 Å².